The van der Waals surface area contributed by atoms with Gasteiger partial charge in [0.2, 0.25) is 6.79 Å². The maximum absolute atomic E-state index is 5.50. The van der Waals surface area contributed by atoms with Gasteiger partial charge in [0.25, 0.3) is 0 Å². The van der Waals surface area contributed by atoms with Gasteiger partial charge in [-0.15, -0.1) is 0 Å². The molecule has 0 saturated heterocycles. The first kappa shape index (κ1) is 12.4. The van der Waals surface area contributed by atoms with E-state index in [0.717, 1.165) is 33.8 Å². The van der Waals surface area contributed by atoms with Crippen molar-refractivity contribution in [2.24, 2.45) is 0 Å². The fourth-order valence-corrected chi connectivity index (χ4v) is 2.62. The van der Waals surface area contributed by atoms with Gasteiger partial charge in [-0.3, -0.25) is 0 Å². The summed E-state index contributed by atoms with van der Waals surface area (Å²) < 4.78 is 12.0. The van der Waals surface area contributed by atoms with E-state index in [1.54, 1.807) is 0 Å². The van der Waals surface area contributed by atoms with E-state index in [0.29, 0.717) is 6.79 Å². The zero-order chi connectivity index (χ0) is 13.2. The summed E-state index contributed by atoms with van der Waals surface area (Å²) in [5.41, 5.74) is 3.44. The Morgan fingerprint density at radius 1 is 1.21 bits per heavy atom. The molecule has 0 saturated carbocycles. The van der Waals surface area contributed by atoms with E-state index in [9.17, 15) is 0 Å². The second-order valence-electron chi connectivity index (χ2n) is 4.46. The Balaban J connectivity index is 1.78. The average molecular weight is 320 g/mol. The molecule has 0 fully saturated rings. The molecule has 98 valence electrons. The molecule has 0 radical (unpaired) electrons. The number of anilines is 1. The zero-order valence-electron chi connectivity index (χ0n) is 10.6. The lowest BCUT2D eigenvalue weighted by molar-refractivity contribution is 0.173. The van der Waals surface area contributed by atoms with Crippen molar-refractivity contribution in [1.29, 1.82) is 0 Å². The van der Waals surface area contributed by atoms with Crippen molar-refractivity contribution in [3.05, 3.63) is 52.0 Å². The SMILES string of the molecule is Cc1cc(Br)ccc1NCc1cccc2c1OCO2. The lowest BCUT2D eigenvalue weighted by Crippen LogP contribution is -2.02. The number of rotatable bonds is 3. The number of para-hydroxylation sites is 1. The van der Waals surface area contributed by atoms with Gasteiger partial charge >= 0.3 is 0 Å². The van der Waals surface area contributed by atoms with Crippen molar-refractivity contribution >= 4 is 21.6 Å². The highest BCUT2D eigenvalue weighted by atomic mass is 79.9. The van der Waals surface area contributed by atoms with Crippen LogP contribution in [0.3, 0.4) is 0 Å². The van der Waals surface area contributed by atoms with Crippen LogP contribution in [0.4, 0.5) is 5.69 Å². The van der Waals surface area contributed by atoms with Crippen molar-refractivity contribution in [2.45, 2.75) is 13.5 Å². The molecule has 2 aromatic carbocycles. The van der Waals surface area contributed by atoms with Crippen LogP contribution in [0.15, 0.2) is 40.9 Å². The second-order valence-corrected chi connectivity index (χ2v) is 5.38. The van der Waals surface area contributed by atoms with Crippen LogP contribution in [-0.4, -0.2) is 6.79 Å². The largest absolute Gasteiger partial charge is 0.454 e. The molecule has 3 rings (SSSR count). The molecule has 0 aromatic heterocycles. The average Bonchev–Trinajstić information content (AvgIpc) is 2.86. The van der Waals surface area contributed by atoms with Crippen molar-refractivity contribution < 1.29 is 9.47 Å². The van der Waals surface area contributed by atoms with Gasteiger partial charge in [-0.2, -0.15) is 0 Å². The lowest BCUT2D eigenvalue weighted by Gasteiger charge is -2.11. The van der Waals surface area contributed by atoms with Crippen LogP contribution in [0, 0.1) is 6.92 Å². The highest BCUT2D eigenvalue weighted by Crippen LogP contribution is 2.35. The number of hydrogen-bond donors (Lipinski definition) is 1. The molecule has 0 amide bonds. The third kappa shape index (κ3) is 2.54. The van der Waals surface area contributed by atoms with Crippen LogP contribution in [-0.2, 0) is 6.54 Å². The molecule has 2 aromatic rings. The molecule has 1 aliphatic heterocycles. The van der Waals surface area contributed by atoms with Crippen LogP contribution < -0.4 is 14.8 Å². The molecular formula is C15H14BrNO2. The molecule has 0 aliphatic carbocycles. The number of ether oxygens (including phenoxy) is 2. The number of aryl methyl sites for hydroxylation is 1. The smallest absolute Gasteiger partial charge is 0.231 e. The predicted octanol–water partition coefficient (Wildman–Crippen LogP) is 4.10. The molecule has 0 atom stereocenters. The van der Waals surface area contributed by atoms with Gasteiger partial charge in [0.15, 0.2) is 11.5 Å². The van der Waals surface area contributed by atoms with Crippen LogP contribution in [0.1, 0.15) is 11.1 Å². The molecule has 4 heteroatoms. The normalized spacial score (nSPS) is 12.5. The molecular weight excluding hydrogens is 306 g/mol. The number of fused-ring (bicyclic) bond motifs is 1. The summed E-state index contributed by atoms with van der Waals surface area (Å²) in [6.07, 6.45) is 0. The van der Waals surface area contributed by atoms with E-state index in [4.69, 9.17) is 9.47 Å². The van der Waals surface area contributed by atoms with Gasteiger partial charge < -0.3 is 14.8 Å². The minimum absolute atomic E-state index is 0.309. The molecule has 0 bridgehead atoms. The predicted molar refractivity (Wildman–Crippen MR) is 78.8 cm³/mol. The Kier molecular flexibility index (Phi) is 3.34. The number of hydrogen-bond acceptors (Lipinski definition) is 3. The molecule has 1 heterocycles. The molecule has 1 aliphatic rings. The number of benzene rings is 2. The van der Waals surface area contributed by atoms with Gasteiger partial charge in [-0.25, -0.2) is 0 Å². The monoisotopic (exact) mass is 319 g/mol. The minimum atomic E-state index is 0.309. The Morgan fingerprint density at radius 3 is 2.95 bits per heavy atom. The fourth-order valence-electron chi connectivity index (χ4n) is 2.15. The highest BCUT2D eigenvalue weighted by molar-refractivity contribution is 9.10. The summed E-state index contributed by atoms with van der Waals surface area (Å²) in [5, 5.41) is 3.43. The molecule has 1 N–H and O–H groups in total. The Morgan fingerprint density at radius 2 is 2.11 bits per heavy atom. The van der Waals surface area contributed by atoms with Crippen molar-refractivity contribution in [1.82, 2.24) is 0 Å². The van der Waals surface area contributed by atoms with E-state index in [1.807, 2.05) is 18.2 Å². The quantitative estimate of drug-likeness (QED) is 0.924. The van der Waals surface area contributed by atoms with Crippen LogP contribution >= 0.6 is 15.9 Å². The minimum Gasteiger partial charge on any atom is -0.454 e. The molecule has 3 nitrogen and oxygen atoms in total. The van der Waals surface area contributed by atoms with E-state index in [1.165, 1.54) is 5.56 Å². The zero-order valence-corrected chi connectivity index (χ0v) is 12.2. The van der Waals surface area contributed by atoms with Gasteiger partial charge in [-0.1, -0.05) is 28.1 Å². The van der Waals surface area contributed by atoms with Crippen molar-refractivity contribution in [3.8, 4) is 11.5 Å². The number of nitrogens with one attached hydrogen (secondary N) is 1. The summed E-state index contributed by atoms with van der Waals surface area (Å²) in [5.74, 6) is 1.68. The van der Waals surface area contributed by atoms with Crippen LogP contribution in [0.2, 0.25) is 0 Å². The number of halogens is 1. The van der Waals surface area contributed by atoms with E-state index >= 15 is 0 Å². The van der Waals surface area contributed by atoms with Crippen molar-refractivity contribution in [3.63, 3.8) is 0 Å². The summed E-state index contributed by atoms with van der Waals surface area (Å²) in [4.78, 5) is 0. The Hall–Kier alpha value is -1.68. The van der Waals surface area contributed by atoms with Crippen LogP contribution in [0.25, 0.3) is 0 Å². The van der Waals surface area contributed by atoms with E-state index < -0.39 is 0 Å². The maximum Gasteiger partial charge on any atom is 0.231 e. The Bertz CT molecular complexity index is 613. The standard InChI is InChI=1S/C15H14BrNO2/c1-10-7-12(16)5-6-13(10)17-8-11-3-2-4-14-15(11)19-9-18-14/h2-7,17H,8-9H2,1H3. The van der Waals surface area contributed by atoms with Gasteiger partial charge in [0, 0.05) is 22.3 Å². The first-order valence-corrected chi connectivity index (χ1v) is 6.91. The maximum atomic E-state index is 5.50. The Labute approximate surface area is 120 Å². The summed E-state index contributed by atoms with van der Waals surface area (Å²) >= 11 is 3.47. The van der Waals surface area contributed by atoms with Crippen molar-refractivity contribution in [2.75, 3.05) is 12.1 Å². The highest BCUT2D eigenvalue weighted by Gasteiger charge is 2.16. The summed E-state index contributed by atoms with van der Waals surface area (Å²) in [7, 11) is 0. The lowest BCUT2D eigenvalue weighted by atomic mass is 10.1. The molecule has 19 heavy (non-hydrogen) atoms. The third-order valence-electron chi connectivity index (χ3n) is 3.14. The van der Waals surface area contributed by atoms with Gasteiger partial charge in [-0.05, 0) is 36.8 Å². The third-order valence-corrected chi connectivity index (χ3v) is 3.63. The fraction of sp³-hybridized carbons (Fsp3) is 0.200. The van der Waals surface area contributed by atoms with Crippen LogP contribution in [0.5, 0.6) is 11.5 Å². The van der Waals surface area contributed by atoms with E-state index in [-0.39, 0.29) is 0 Å². The van der Waals surface area contributed by atoms with E-state index in [2.05, 4.69) is 46.4 Å². The first-order chi connectivity index (χ1) is 9.24. The molecule has 0 spiro atoms. The first-order valence-electron chi connectivity index (χ1n) is 6.11. The summed E-state index contributed by atoms with van der Waals surface area (Å²) in [6.45, 7) is 3.11. The van der Waals surface area contributed by atoms with Gasteiger partial charge in [0.05, 0.1) is 0 Å². The summed E-state index contributed by atoms with van der Waals surface area (Å²) in [6, 6.07) is 12.2. The second kappa shape index (κ2) is 5.13. The molecule has 0 unspecified atom stereocenters. The topological polar surface area (TPSA) is 30.5 Å². The van der Waals surface area contributed by atoms with Gasteiger partial charge in [0.1, 0.15) is 0 Å².